The van der Waals surface area contributed by atoms with Gasteiger partial charge in [-0.2, -0.15) is 0 Å². The lowest BCUT2D eigenvalue weighted by Crippen LogP contribution is -2.45. The Labute approximate surface area is 109 Å². The molecular formula is C16H24O2. The van der Waals surface area contributed by atoms with Crippen molar-refractivity contribution in [3.05, 3.63) is 11.6 Å². The van der Waals surface area contributed by atoms with Gasteiger partial charge in [0.25, 0.3) is 0 Å². The lowest BCUT2D eigenvalue weighted by atomic mass is 9.48. The third kappa shape index (κ3) is 2.34. The van der Waals surface area contributed by atoms with E-state index in [-0.39, 0.29) is 0 Å². The summed E-state index contributed by atoms with van der Waals surface area (Å²) >= 11 is 0. The third-order valence-electron chi connectivity index (χ3n) is 5.58. The van der Waals surface area contributed by atoms with Crippen LogP contribution in [0.4, 0.5) is 0 Å². The highest BCUT2D eigenvalue weighted by Gasteiger charge is 2.50. The number of carboxylic acids is 1. The second-order valence-electron chi connectivity index (χ2n) is 7.25. The Bertz CT molecular complexity index is 345. The molecule has 0 aliphatic heterocycles. The summed E-state index contributed by atoms with van der Waals surface area (Å²) in [7, 11) is 0. The van der Waals surface area contributed by atoms with Gasteiger partial charge in [0.05, 0.1) is 0 Å². The highest BCUT2D eigenvalue weighted by atomic mass is 16.4. The molecule has 18 heavy (non-hydrogen) atoms. The zero-order valence-corrected chi connectivity index (χ0v) is 11.3. The quantitative estimate of drug-likeness (QED) is 0.763. The van der Waals surface area contributed by atoms with Crippen LogP contribution in [0.25, 0.3) is 0 Å². The van der Waals surface area contributed by atoms with Crippen LogP contribution in [0.15, 0.2) is 11.6 Å². The predicted molar refractivity (Wildman–Crippen MR) is 71.2 cm³/mol. The maximum atomic E-state index is 10.7. The minimum Gasteiger partial charge on any atom is -0.478 e. The van der Waals surface area contributed by atoms with Gasteiger partial charge in [0.15, 0.2) is 0 Å². The molecule has 1 N–H and O–H groups in total. The van der Waals surface area contributed by atoms with Crippen molar-refractivity contribution in [1.82, 2.24) is 0 Å². The molecule has 4 aliphatic rings. The van der Waals surface area contributed by atoms with Crippen molar-refractivity contribution in [3.8, 4) is 0 Å². The van der Waals surface area contributed by atoms with Gasteiger partial charge in [-0.25, -0.2) is 4.79 Å². The second-order valence-corrected chi connectivity index (χ2v) is 7.25. The van der Waals surface area contributed by atoms with E-state index >= 15 is 0 Å². The minimum absolute atomic E-state index is 0.586. The molecule has 100 valence electrons. The summed E-state index contributed by atoms with van der Waals surface area (Å²) in [5.74, 6) is 2.21. The number of carbonyl (C=O) groups is 1. The lowest BCUT2D eigenvalue weighted by molar-refractivity contribution is -0.131. The van der Waals surface area contributed by atoms with E-state index in [9.17, 15) is 4.79 Å². The third-order valence-corrected chi connectivity index (χ3v) is 5.58. The van der Waals surface area contributed by atoms with Crippen molar-refractivity contribution in [2.75, 3.05) is 0 Å². The van der Waals surface area contributed by atoms with Crippen molar-refractivity contribution >= 4 is 5.97 Å². The molecule has 0 amide bonds. The van der Waals surface area contributed by atoms with Crippen molar-refractivity contribution in [2.24, 2.45) is 23.2 Å². The molecule has 4 aliphatic carbocycles. The monoisotopic (exact) mass is 248 g/mol. The van der Waals surface area contributed by atoms with Crippen molar-refractivity contribution in [3.63, 3.8) is 0 Å². The summed E-state index contributed by atoms with van der Waals surface area (Å²) in [4.78, 5) is 10.7. The average molecular weight is 248 g/mol. The van der Waals surface area contributed by atoms with E-state index in [1.807, 2.05) is 6.92 Å². The summed E-state index contributed by atoms with van der Waals surface area (Å²) in [5, 5.41) is 8.77. The fraction of sp³-hybridized carbons (Fsp3) is 0.812. The Morgan fingerprint density at radius 3 is 2.11 bits per heavy atom. The zero-order chi connectivity index (χ0) is 12.8. The molecular weight excluding hydrogens is 224 g/mol. The minimum atomic E-state index is -0.794. The van der Waals surface area contributed by atoms with Gasteiger partial charge in [-0.05, 0) is 81.5 Å². The van der Waals surface area contributed by atoms with Crippen LogP contribution in [0.5, 0.6) is 0 Å². The molecule has 2 heteroatoms. The maximum absolute atomic E-state index is 10.7. The number of rotatable bonds is 4. The summed E-state index contributed by atoms with van der Waals surface area (Å²) in [5.41, 5.74) is 1.63. The van der Waals surface area contributed by atoms with Gasteiger partial charge in [-0.1, -0.05) is 5.57 Å². The normalized spacial score (nSPS) is 42.3. The summed E-state index contributed by atoms with van der Waals surface area (Å²) in [6.07, 6.45) is 12.4. The van der Waals surface area contributed by atoms with Crippen LogP contribution in [-0.2, 0) is 4.79 Å². The van der Waals surface area contributed by atoms with Crippen molar-refractivity contribution in [1.29, 1.82) is 0 Å². The molecule has 0 heterocycles. The highest BCUT2D eigenvalue weighted by Crippen LogP contribution is 2.61. The van der Waals surface area contributed by atoms with Gasteiger partial charge in [-0.3, -0.25) is 0 Å². The summed E-state index contributed by atoms with van der Waals surface area (Å²) in [6, 6.07) is 0. The van der Waals surface area contributed by atoms with E-state index in [0.717, 1.165) is 29.7 Å². The Hall–Kier alpha value is -0.790. The largest absolute Gasteiger partial charge is 0.478 e. The number of aliphatic carboxylic acids is 1. The van der Waals surface area contributed by atoms with E-state index in [1.54, 1.807) is 0 Å². The number of carboxylic acid groups (broad SMARTS) is 1. The molecule has 0 aromatic rings. The van der Waals surface area contributed by atoms with Gasteiger partial charge in [0, 0.05) is 6.08 Å². The average Bonchev–Trinajstić information content (AvgIpc) is 2.23. The first kappa shape index (κ1) is 12.3. The molecule has 4 rings (SSSR count). The number of hydrogen-bond acceptors (Lipinski definition) is 1. The van der Waals surface area contributed by atoms with Crippen molar-refractivity contribution in [2.45, 2.75) is 58.3 Å². The highest BCUT2D eigenvalue weighted by molar-refractivity contribution is 5.80. The fourth-order valence-electron chi connectivity index (χ4n) is 5.34. The molecule has 4 fully saturated rings. The van der Waals surface area contributed by atoms with E-state index in [4.69, 9.17) is 5.11 Å². The molecule has 0 unspecified atom stereocenters. The molecule has 0 aromatic carbocycles. The Morgan fingerprint density at radius 2 is 1.67 bits per heavy atom. The number of hydrogen-bond donors (Lipinski definition) is 1. The molecule has 0 atom stereocenters. The fourth-order valence-corrected chi connectivity index (χ4v) is 5.34. The van der Waals surface area contributed by atoms with Gasteiger partial charge in [-0.15, -0.1) is 0 Å². The number of allylic oxidation sites excluding steroid dienone is 1. The molecule has 4 bridgehead atoms. The first-order valence-corrected chi connectivity index (χ1v) is 7.45. The Morgan fingerprint density at radius 1 is 1.17 bits per heavy atom. The predicted octanol–water partition coefficient (Wildman–Crippen LogP) is 4.01. The van der Waals surface area contributed by atoms with Gasteiger partial charge in [0.2, 0.25) is 0 Å². The standard InChI is InChI=1S/C16H24O2/c1-11(4-15(17)18)2-3-16-8-12-5-13(9-16)7-14(6-12)10-16/h4,12-14H,2-3,5-10H2,1H3,(H,17,18)/b11-4-. The van der Waals surface area contributed by atoms with E-state index in [1.165, 1.54) is 51.0 Å². The molecule has 0 aromatic heterocycles. The smallest absolute Gasteiger partial charge is 0.328 e. The Kier molecular flexibility index (Phi) is 2.99. The molecule has 2 nitrogen and oxygen atoms in total. The van der Waals surface area contributed by atoms with Gasteiger partial charge >= 0.3 is 5.97 Å². The van der Waals surface area contributed by atoms with Gasteiger partial charge < -0.3 is 5.11 Å². The van der Waals surface area contributed by atoms with Crippen molar-refractivity contribution < 1.29 is 9.90 Å². The molecule has 4 saturated carbocycles. The Balaban J connectivity index is 1.64. The van der Waals surface area contributed by atoms with Crippen LogP contribution in [0, 0.1) is 23.2 Å². The van der Waals surface area contributed by atoms with Crippen LogP contribution in [0.3, 0.4) is 0 Å². The first-order valence-electron chi connectivity index (χ1n) is 7.45. The zero-order valence-electron chi connectivity index (χ0n) is 11.3. The maximum Gasteiger partial charge on any atom is 0.328 e. The van der Waals surface area contributed by atoms with Crippen LogP contribution < -0.4 is 0 Å². The first-order chi connectivity index (χ1) is 8.55. The molecule has 0 spiro atoms. The molecule has 0 saturated heterocycles. The van der Waals surface area contributed by atoms with Crippen LogP contribution in [0.2, 0.25) is 0 Å². The molecule has 0 radical (unpaired) electrons. The van der Waals surface area contributed by atoms with Gasteiger partial charge in [0.1, 0.15) is 0 Å². The van der Waals surface area contributed by atoms with E-state index in [2.05, 4.69) is 0 Å². The second kappa shape index (κ2) is 4.40. The summed E-state index contributed by atoms with van der Waals surface area (Å²) in [6.45, 7) is 1.97. The van der Waals surface area contributed by atoms with Crippen LogP contribution in [0.1, 0.15) is 58.3 Å². The van der Waals surface area contributed by atoms with Crippen LogP contribution >= 0.6 is 0 Å². The lowest BCUT2D eigenvalue weighted by Gasteiger charge is -2.57. The van der Waals surface area contributed by atoms with E-state index in [0.29, 0.717) is 5.41 Å². The topological polar surface area (TPSA) is 37.3 Å². The summed E-state index contributed by atoms with van der Waals surface area (Å²) < 4.78 is 0. The van der Waals surface area contributed by atoms with Crippen LogP contribution in [-0.4, -0.2) is 11.1 Å². The van der Waals surface area contributed by atoms with E-state index < -0.39 is 5.97 Å². The SMILES string of the molecule is C/C(=C/C(=O)O)CCC12CC3CC(CC(C3)C1)C2.